The van der Waals surface area contributed by atoms with Gasteiger partial charge in [0.1, 0.15) is 0 Å². The lowest BCUT2D eigenvalue weighted by molar-refractivity contribution is -0.120. The summed E-state index contributed by atoms with van der Waals surface area (Å²) in [5.41, 5.74) is 2.92. The highest BCUT2D eigenvalue weighted by molar-refractivity contribution is 5.94. The first-order valence-corrected chi connectivity index (χ1v) is 10.8. The molecular weight excluding hydrogens is 376 g/mol. The Morgan fingerprint density at radius 2 is 2.03 bits per heavy atom. The summed E-state index contributed by atoms with van der Waals surface area (Å²) in [7, 11) is 1.90. The van der Waals surface area contributed by atoms with Gasteiger partial charge in [-0.2, -0.15) is 5.10 Å². The van der Waals surface area contributed by atoms with Crippen molar-refractivity contribution in [2.24, 2.45) is 18.9 Å². The van der Waals surface area contributed by atoms with Gasteiger partial charge < -0.3 is 10.2 Å². The molecule has 3 aromatic rings. The van der Waals surface area contributed by atoms with E-state index in [0.29, 0.717) is 11.7 Å². The number of likely N-dealkylation sites (tertiary alicyclic amines) is 1. The minimum atomic E-state index is 0.0291. The molecule has 1 fully saturated rings. The molecular formula is C23H30N6O. The summed E-state index contributed by atoms with van der Waals surface area (Å²) in [5, 5.41) is 16.7. The third-order valence-corrected chi connectivity index (χ3v) is 5.69. The molecule has 4 rings (SSSR count). The average Bonchev–Trinajstić information content (AvgIpc) is 3.01. The molecule has 158 valence electrons. The van der Waals surface area contributed by atoms with Gasteiger partial charge in [0.2, 0.25) is 5.91 Å². The van der Waals surface area contributed by atoms with Gasteiger partial charge in [-0.25, -0.2) is 0 Å². The summed E-state index contributed by atoms with van der Waals surface area (Å²) in [4.78, 5) is 15.3. The molecule has 30 heavy (non-hydrogen) atoms. The molecule has 1 amide bonds. The van der Waals surface area contributed by atoms with Crippen LogP contribution < -0.4 is 5.32 Å². The molecule has 1 N–H and O–H groups in total. The van der Waals surface area contributed by atoms with Crippen molar-refractivity contribution >= 4 is 22.6 Å². The number of benzene rings is 1. The van der Waals surface area contributed by atoms with Crippen LogP contribution in [0.25, 0.3) is 22.0 Å². The average molecular weight is 407 g/mol. The van der Waals surface area contributed by atoms with Crippen LogP contribution in [0.2, 0.25) is 0 Å². The summed E-state index contributed by atoms with van der Waals surface area (Å²) >= 11 is 0. The Morgan fingerprint density at radius 1 is 1.17 bits per heavy atom. The largest absolute Gasteiger partial charge is 0.309 e. The lowest BCUT2D eigenvalue weighted by atomic mass is 10.00. The van der Waals surface area contributed by atoms with Gasteiger partial charge in [-0.15, -0.1) is 10.2 Å². The number of rotatable bonds is 5. The summed E-state index contributed by atoms with van der Waals surface area (Å²) < 4.78 is 1.78. The highest BCUT2D eigenvalue weighted by Gasteiger charge is 2.23. The Morgan fingerprint density at radius 3 is 2.80 bits per heavy atom. The van der Waals surface area contributed by atoms with Gasteiger partial charge in [0.15, 0.2) is 5.82 Å². The number of carbonyl (C=O) groups is 1. The topological polar surface area (TPSA) is 75.9 Å². The Labute approximate surface area is 177 Å². The maximum Gasteiger partial charge on any atom is 0.228 e. The van der Waals surface area contributed by atoms with E-state index in [1.54, 1.807) is 4.68 Å². The van der Waals surface area contributed by atoms with E-state index < -0.39 is 0 Å². The van der Waals surface area contributed by atoms with Crippen LogP contribution in [0.3, 0.4) is 0 Å². The van der Waals surface area contributed by atoms with Crippen LogP contribution in [-0.2, 0) is 11.8 Å². The lowest BCUT2D eigenvalue weighted by Gasteiger charge is -2.22. The summed E-state index contributed by atoms with van der Waals surface area (Å²) in [6.45, 7) is 7.65. The second-order valence-electron chi connectivity index (χ2n) is 8.72. The Bertz CT molecular complexity index is 1030. The minimum absolute atomic E-state index is 0.0291. The molecule has 0 saturated carbocycles. The van der Waals surface area contributed by atoms with E-state index in [9.17, 15) is 4.79 Å². The van der Waals surface area contributed by atoms with Gasteiger partial charge in [0, 0.05) is 36.7 Å². The molecule has 1 atom stereocenters. The van der Waals surface area contributed by atoms with Crippen LogP contribution in [0, 0.1) is 11.8 Å². The maximum atomic E-state index is 12.9. The zero-order valence-electron chi connectivity index (χ0n) is 18.0. The van der Waals surface area contributed by atoms with Gasteiger partial charge in [0.25, 0.3) is 0 Å². The number of hydrogen-bond donors (Lipinski definition) is 1. The molecule has 7 heteroatoms. The third kappa shape index (κ3) is 4.84. The Hall–Kier alpha value is -2.80. The van der Waals surface area contributed by atoms with E-state index in [0.717, 1.165) is 60.9 Å². The molecule has 3 heterocycles. The normalized spacial score (nSPS) is 17.9. The Kier molecular flexibility index (Phi) is 6.08. The van der Waals surface area contributed by atoms with Crippen LogP contribution in [-0.4, -0.2) is 50.4 Å². The second-order valence-corrected chi connectivity index (χ2v) is 8.72. The molecule has 7 nitrogen and oxygen atoms in total. The molecule has 1 aromatic carbocycles. The zero-order valence-corrected chi connectivity index (χ0v) is 18.0. The van der Waals surface area contributed by atoms with Crippen molar-refractivity contribution in [2.75, 3.05) is 25.0 Å². The molecule has 1 unspecified atom stereocenters. The third-order valence-electron chi connectivity index (χ3n) is 5.69. The fraction of sp³-hybridized carbons (Fsp3) is 0.478. The molecule has 1 aliphatic rings. The van der Waals surface area contributed by atoms with E-state index >= 15 is 0 Å². The van der Waals surface area contributed by atoms with E-state index in [4.69, 9.17) is 0 Å². The first kappa shape index (κ1) is 20.5. The zero-order chi connectivity index (χ0) is 21.1. The van der Waals surface area contributed by atoms with Crippen molar-refractivity contribution in [1.29, 1.82) is 0 Å². The molecule has 0 radical (unpaired) electrons. The monoisotopic (exact) mass is 406 g/mol. The molecule has 0 aliphatic carbocycles. The predicted octanol–water partition coefficient (Wildman–Crippen LogP) is 3.73. The number of aryl methyl sites for hydroxylation is 1. The van der Waals surface area contributed by atoms with Crippen molar-refractivity contribution in [2.45, 2.75) is 33.1 Å². The fourth-order valence-electron chi connectivity index (χ4n) is 4.20. The molecule has 1 saturated heterocycles. The van der Waals surface area contributed by atoms with Crippen molar-refractivity contribution in [3.8, 4) is 11.1 Å². The highest BCUT2D eigenvalue weighted by Crippen LogP contribution is 2.25. The number of amides is 1. The maximum absolute atomic E-state index is 12.9. The fourth-order valence-corrected chi connectivity index (χ4v) is 4.20. The van der Waals surface area contributed by atoms with Gasteiger partial charge >= 0.3 is 0 Å². The van der Waals surface area contributed by atoms with Gasteiger partial charge in [0.05, 0.1) is 11.7 Å². The Balaban J connectivity index is 1.46. The SMILES string of the molecule is CC(C)CN1CCCC(C(=O)Nc2cc3cc(-c4cnn(C)c4)ccc3nn2)CC1. The standard InChI is InChI=1S/C23H30N6O/c1-16(2)14-29-9-4-5-17(8-10-29)23(30)25-22-12-19-11-18(6-7-21(19)26-27-22)20-13-24-28(3)15-20/h6-7,11-13,15-17H,4-5,8-10,14H2,1-3H3,(H,25,27,30). The van der Waals surface area contributed by atoms with E-state index in [-0.39, 0.29) is 11.8 Å². The summed E-state index contributed by atoms with van der Waals surface area (Å²) in [6, 6.07) is 7.93. The van der Waals surface area contributed by atoms with Crippen LogP contribution in [0.4, 0.5) is 5.82 Å². The van der Waals surface area contributed by atoms with Crippen molar-refractivity contribution in [1.82, 2.24) is 24.9 Å². The number of nitrogens with one attached hydrogen (secondary N) is 1. The molecule has 0 spiro atoms. The lowest BCUT2D eigenvalue weighted by Crippen LogP contribution is -2.29. The quantitative estimate of drug-likeness (QED) is 0.699. The smallest absolute Gasteiger partial charge is 0.228 e. The summed E-state index contributed by atoms with van der Waals surface area (Å²) in [5.74, 6) is 1.25. The van der Waals surface area contributed by atoms with Crippen LogP contribution in [0.5, 0.6) is 0 Å². The van der Waals surface area contributed by atoms with E-state index in [2.05, 4.69) is 45.4 Å². The predicted molar refractivity (Wildman–Crippen MR) is 119 cm³/mol. The molecule has 2 aromatic heterocycles. The van der Waals surface area contributed by atoms with Gasteiger partial charge in [-0.05, 0) is 62.0 Å². The van der Waals surface area contributed by atoms with E-state index in [1.165, 1.54) is 0 Å². The van der Waals surface area contributed by atoms with Crippen molar-refractivity contribution in [3.05, 3.63) is 36.7 Å². The van der Waals surface area contributed by atoms with Gasteiger partial charge in [-0.3, -0.25) is 9.48 Å². The number of aromatic nitrogens is 4. The highest BCUT2D eigenvalue weighted by atomic mass is 16.2. The number of carbonyl (C=O) groups excluding carboxylic acids is 1. The summed E-state index contributed by atoms with van der Waals surface area (Å²) in [6.07, 6.45) is 6.69. The van der Waals surface area contributed by atoms with Crippen molar-refractivity contribution < 1.29 is 4.79 Å². The molecule has 0 bridgehead atoms. The number of hydrogen-bond acceptors (Lipinski definition) is 5. The first-order valence-electron chi connectivity index (χ1n) is 10.8. The second kappa shape index (κ2) is 8.92. The number of nitrogens with zero attached hydrogens (tertiary/aromatic N) is 5. The van der Waals surface area contributed by atoms with Crippen molar-refractivity contribution in [3.63, 3.8) is 0 Å². The molecule has 1 aliphatic heterocycles. The van der Waals surface area contributed by atoms with Crippen LogP contribution in [0.1, 0.15) is 33.1 Å². The first-order chi connectivity index (χ1) is 14.5. The number of anilines is 1. The van der Waals surface area contributed by atoms with Gasteiger partial charge in [-0.1, -0.05) is 19.9 Å². The van der Waals surface area contributed by atoms with Crippen LogP contribution in [0.15, 0.2) is 36.7 Å². The minimum Gasteiger partial charge on any atom is -0.309 e. The number of fused-ring (bicyclic) bond motifs is 1. The van der Waals surface area contributed by atoms with E-state index in [1.807, 2.05) is 37.6 Å². The van der Waals surface area contributed by atoms with Crippen LogP contribution >= 0.6 is 0 Å².